The summed E-state index contributed by atoms with van der Waals surface area (Å²) >= 11 is 0. The van der Waals surface area contributed by atoms with E-state index < -0.39 is 5.91 Å². The minimum absolute atomic E-state index is 0.129. The zero-order valence-electron chi connectivity index (χ0n) is 14.2. The Bertz CT molecular complexity index is 739. The topological polar surface area (TPSA) is 84.2 Å². The zero-order valence-corrected chi connectivity index (χ0v) is 14.2. The van der Waals surface area contributed by atoms with E-state index in [1.807, 2.05) is 26.0 Å². The Morgan fingerprint density at radius 1 is 1.12 bits per heavy atom. The summed E-state index contributed by atoms with van der Waals surface area (Å²) in [5.41, 5.74) is 9.35. The fraction of sp³-hybridized carbons (Fsp3) is 0.263. The number of amides is 3. The van der Waals surface area contributed by atoms with Crippen molar-refractivity contribution >= 4 is 17.6 Å². The van der Waals surface area contributed by atoms with Gasteiger partial charge in [0.15, 0.2) is 0 Å². The molecule has 0 aliphatic carbocycles. The van der Waals surface area contributed by atoms with Gasteiger partial charge < -0.3 is 16.4 Å². The molecule has 0 bridgehead atoms. The largest absolute Gasteiger partial charge is 0.366 e. The van der Waals surface area contributed by atoms with Crippen molar-refractivity contribution in [3.63, 3.8) is 0 Å². The summed E-state index contributed by atoms with van der Waals surface area (Å²) in [6.07, 6.45) is 0.984. The maximum absolute atomic E-state index is 12.2. The van der Waals surface area contributed by atoms with Gasteiger partial charge in [-0.2, -0.15) is 0 Å². The Kier molecular flexibility index (Phi) is 5.58. The molecular weight excluding hydrogens is 302 g/mol. The Morgan fingerprint density at radius 2 is 1.79 bits per heavy atom. The first kappa shape index (κ1) is 17.5. The summed E-state index contributed by atoms with van der Waals surface area (Å²) < 4.78 is 0. The molecule has 0 fully saturated rings. The lowest BCUT2D eigenvalue weighted by Crippen LogP contribution is -2.31. The molecule has 1 unspecified atom stereocenters. The molecule has 0 radical (unpaired) electrons. The fourth-order valence-corrected chi connectivity index (χ4v) is 2.39. The summed E-state index contributed by atoms with van der Waals surface area (Å²) in [6, 6.07) is 12.7. The van der Waals surface area contributed by atoms with Gasteiger partial charge in [0, 0.05) is 11.3 Å². The molecule has 0 aliphatic heterocycles. The number of urea groups is 1. The number of hydrogen-bond donors (Lipinski definition) is 3. The minimum atomic E-state index is -0.525. The Balaban J connectivity index is 2.04. The molecule has 0 saturated heterocycles. The number of carbonyl (C=O) groups is 2. The standard InChI is InChI=1S/C19H23N3O2/c1-4-14-6-9-15(10-7-14)13(3)21-19(24)22-17-11-16(18(20)23)8-5-12(17)2/h5-11,13H,4H2,1-3H3,(H2,20,23)(H2,21,22,24). The van der Waals surface area contributed by atoms with E-state index in [1.54, 1.807) is 18.2 Å². The summed E-state index contributed by atoms with van der Waals surface area (Å²) in [5.74, 6) is -0.525. The number of hydrogen-bond acceptors (Lipinski definition) is 2. The number of carbonyl (C=O) groups excluding carboxylic acids is 2. The molecule has 126 valence electrons. The predicted octanol–water partition coefficient (Wildman–Crippen LogP) is 3.54. The van der Waals surface area contributed by atoms with Gasteiger partial charge in [-0.15, -0.1) is 0 Å². The van der Waals surface area contributed by atoms with Crippen LogP contribution in [0.4, 0.5) is 10.5 Å². The summed E-state index contributed by atoms with van der Waals surface area (Å²) in [6.45, 7) is 5.88. The number of primary amides is 1. The first-order chi connectivity index (χ1) is 11.4. The Morgan fingerprint density at radius 3 is 2.38 bits per heavy atom. The van der Waals surface area contributed by atoms with E-state index in [0.29, 0.717) is 11.3 Å². The first-order valence-corrected chi connectivity index (χ1v) is 7.97. The second-order valence-corrected chi connectivity index (χ2v) is 5.81. The molecule has 0 heterocycles. The molecule has 1 atom stereocenters. The van der Waals surface area contributed by atoms with Gasteiger partial charge in [0.1, 0.15) is 0 Å². The maximum atomic E-state index is 12.2. The van der Waals surface area contributed by atoms with Gasteiger partial charge in [-0.25, -0.2) is 4.79 Å². The highest BCUT2D eigenvalue weighted by Crippen LogP contribution is 2.18. The van der Waals surface area contributed by atoms with Crippen molar-refractivity contribution < 1.29 is 9.59 Å². The highest BCUT2D eigenvalue weighted by molar-refractivity contribution is 5.96. The molecule has 0 aromatic heterocycles. The Labute approximate surface area is 142 Å². The summed E-state index contributed by atoms with van der Waals surface area (Å²) in [7, 11) is 0. The molecule has 0 saturated carbocycles. The summed E-state index contributed by atoms with van der Waals surface area (Å²) in [5, 5.41) is 5.66. The number of rotatable bonds is 5. The van der Waals surface area contributed by atoms with Crippen molar-refractivity contribution in [1.82, 2.24) is 5.32 Å². The van der Waals surface area contributed by atoms with Crippen LogP contribution in [0.25, 0.3) is 0 Å². The van der Waals surface area contributed by atoms with Gasteiger partial charge in [-0.05, 0) is 49.1 Å². The van der Waals surface area contributed by atoms with Crippen molar-refractivity contribution in [3.05, 3.63) is 64.7 Å². The van der Waals surface area contributed by atoms with Gasteiger partial charge in [0.05, 0.1) is 6.04 Å². The monoisotopic (exact) mass is 325 g/mol. The minimum Gasteiger partial charge on any atom is -0.366 e. The van der Waals surface area contributed by atoms with Gasteiger partial charge >= 0.3 is 6.03 Å². The van der Waals surface area contributed by atoms with E-state index in [0.717, 1.165) is 17.5 Å². The van der Waals surface area contributed by atoms with Crippen molar-refractivity contribution in [3.8, 4) is 0 Å². The molecule has 2 aromatic carbocycles. The third-order valence-electron chi connectivity index (χ3n) is 4.01. The van der Waals surface area contributed by atoms with Crippen LogP contribution < -0.4 is 16.4 Å². The van der Waals surface area contributed by atoms with E-state index in [2.05, 4.69) is 29.7 Å². The van der Waals surface area contributed by atoms with E-state index in [1.165, 1.54) is 5.56 Å². The van der Waals surface area contributed by atoms with Gasteiger partial charge in [0.25, 0.3) is 0 Å². The number of nitrogens with two attached hydrogens (primary N) is 1. The van der Waals surface area contributed by atoms with Crippen LogP contribution in [-0.4, -0.2) is 11.9 Å². The van der Waals surface area contributed by atoms with Gasteiger partial charge in [-0.3, -0.25) is 4.79 Å². The van der Waals surface area contributed by atoms with Crippen LogP contribution in [0.1, 0.15) is 46.9 Å². The third-order valence-corrected chi connectivity index (χ3v) is 4.01. The lowest BCUT2D eigenvalue weighted by Gasteiger charge is -2.16. The van der Waals surface area contributed by atoms with Crippen molar-refractivity contribution in [1.29, 1.82) is 0 Å². The maximum Gasteiger partial charge on any atom is 0.319 e. The van der Waals surface area contributed by atoms with Crippen molar-refractivity contribution in [2.24, 2.45) is 5.73 Å². The lowest BCUT2D eigenvalue weighted by atomic mass is 10.1. The van der Waals surface area contributed by atoms with Crippen LogP contribution in [0.15, 0.2) is 42.5 Å². The Hall–Kier alpha value is -2.82. The second-order valence-electron chi connectivity index (χ2n) is 5.81. The average Bonchev–Trinajstić information content (AvgIpc) is 2.56. The highest BCUT2D eigenvalue weighted by atomic mass is 16.2. The second kappa shape index (κ2) is 7.64. The highest BCUT2D eigenvalue weighted by Gasteiger charge is 2.12. The normalized spacial score (nSPS) is 11.6. The molecular formula is C19H23N3O2. The fourth-order valence-electron chi connectivity index (χ4n) is 2.39. The van der Waals surface area contributed by atoms with Crippen LogP contribution >= 0.6 is 0 Å². The average molecular weight is 325 g/mol. The zero-order chi connectivity index (χ0) is 17.7. The van der Waals surface area contributed by atoms with Crippen LogP contribution in [0, 0.1) is 6.92 Å². The first-order valence-electron chi connectivity index (χ1n) is 7.97. The quantitative estimate of drug-likeness (QED) is 0.785. The molecule has 5 nitrogen and oxygen atoms in total. The van der Waals surface area contributed by atoms with Crippen molar-refractivity contribution in [2.45, 2.75) is 33.2 Å². The molecule has 3 amide bonds. The lowest BCUT2D eigenvalue weighted by molar-refractivity contribution is 0.1000. The predicted molar refractivity (Wildman–Crippen MR) is 96.1 cm³/mol. The molecule has 0 spiro atoms. The number of benzene rings is 2. The number of nitrogens with one attached hydrogen (secondary N) is 2. The SMILES string of the molecule is CCc1ccc(C(C)NC(=O)Nc2cc(C(N)=O)ccc2C)cc1. The van der Waals surface area contributed by atoms with Crippen molar-refractivity contribution in [2.75, 3.05) is 5.32 Å². The van der Waals surface area contributed by atoms with E-state index >= 15 is 0 Å². The molecule has 5 heteroatoms. The van der Waals surface area contributed by atoms with Gasteiger partial charge in [-0.1, -0.05) is 37.3 Å². The van der Waals surface area contributed by atoms with Crippen LogP contribution in [0.2, 0.25) is 0 Å². The molecule has 24 heavy (non-hydrogen) atoms. The summed E-state index contributed by atoms with van der Waals surface area (Å²) in [4.78, 5) is 23.5. The molecule has 2 rings (SSSR count). The smallest absolute Gasteiger partial charge is 0.319 e. The van der Waals surface area contributed by atoms with E-state index in [4.69, 9.17) is 5.73 Å². The third kappa shape index (κ3) is 4.35. The molecule has 2 aromatic rings. The van der Waals surface area contributed by atoms with E-state index in [9.17, 15) is 9.59 Å². The van der Waals surface area contributed by atoms with E-state index in [-0.39, 0.29) is 12.1 Å². The van der Waals surface area contributed by atoms with Crippen LogP contribution in [0.5, 0.6) is 0 Å². The number of anilines is 1. The molecule has 0 aliphatic rings. The van der Waals surface area contributed by atoms with Crippen LogP contribution in [-0.2, 0) is 6.42 Å². The number of aryl methyl sites for hydroxylation is 2. The van der Waals surface area contributed by atoms with Crippen LogP contribution in [0.3, 0.4) is 0 Å². The molecule has 4 N–H and O–H groups in total. The van der Waals surface area contributed by atoms with Gasteiger partial charge in [0.2, 0.25) is 5.91 Å².